The van der Waals surface area contributed by atoms with Gasteiger partial charge in [0.25, 0.3) is 0 Å². The van der Waals surface area contributed by atoms with Crippen molar-refractivity contribution in [3.8, 4) is 0 Å². The quantitative estimate of drug-likeness (QED) is 0.830. The van der Waals surface area contributed by atoms with Crippen molar-refractivity contribution in [3.05, 3.63) is 29.8 Å². The molecule has 1 saturated carbocycles. The van der Waals surface area contributed by atoms with Gasteiger partial charge in [-0.2, -0.15) is 0 Å². The fraction of sp³-hybridized carbons (Fsp3) is 0.706. The van der Waals surface area contributed by atoms with Crippen LogP contribution in [0.3, 0.4) is 0 Å². The van der Waals surface area contributed by atoms with Gasteiger partial charge in [0.05, 0.1) is 6.20 Å². The zero-order valence-electron chi connectivity index (χ0n) is 13.0. The number of halogens is 1. The maximum atomic E-state index is 14.2. The van der Waals surface area contributed by atoms with Crippen molar-refractivity contribution in [1.29, 1.82) is 0 Å². The Labute approximate surface area is 122 Å². The molecule has 1 heterocycles. The largest absolute Gasteiger partial charge is 0.310 e. The molecule has 0 aromatic carbocycles. The van der Waals surface area contributed by atoms with Crippen LogP contribution < -0.4 is 5.32 Å². The van der Waals surface area contributed by atoms with Crippen molar-refractivity contribution in [2.24, 2.45) is 11.3 Å². The minimum absolute atomic E-state index is 0.111. The van der Waals surface area contributed by atoms with Crippen LogP contribution in [0.5, 0.6) is 0 Å². The summed E-state index contributed by atoms with van der Waals surface area (Å²) in [5.74, 6) is 0.465. The highest BCUT2D eigenvalue weighted by atomic mass is 19.1. The minimum atomic E-state index is -0.173. The van der Waals surface area contributed by atoms with Gasteiger partial charge in [0.2, 0.25) is 0 Å². The number of aromatic nitrogens is 1. The zero-order chi connectivity index (χ0) is 14.6. The van der Waals surface area contributed by atoms with Crippen LogP contribution in [0.25, 0.3) is 0 Å². The number of hydrogen-bond acceptors (Lipinski definition) is 2. The lowest BCUT2D eigenvalue weighted by Gasteiger charge is -2.40. The topological polar surface area (TPSA) is 24.9 Å². The Morgan fingerprint density at radius 2 is 2.05 bits per heavy atom. The van der Waals surface area contributed by atoms with E-state index in [0.29, 0.717) is 5.92 Å². The first-order valence-electron chi connectivity index (χ1n) is 7.92. The normalized spacial score (nSPS) is 19.4. The predicted molar refractivity (Wildman–Crippen MR) is 81.0 cm³/mol. The molecule has 112 valence electrons. The van der Waals surface area contributed by atoms with E-state index in [0.717, 1.165) is 18.5 Å². The van der Waals surface area contributed by atoms with Crippen molar-refractivity contribution in [2.45, 2.75) is 58.9 Å². The van der Waals surface area contributed by atoms with Crippen LogP contribution in [0.15, 0.2) is 18.5 Å². The van der Waals surface area contributed by atoms with Crippen molar-refractivity contribution in [1.82, 2.24) is 10.3 Å². The van der Waals surface area contributed by atoms with Gasteiger partial charge in [0.15, 0.2) is 0 Å². The second-order valence-electron chi connectivity index (χ2n) is 6.56. The number of nitrogens with zero attached hydrogens (tertiary/aromatic N) is 1. The van der Waals surface area contributed by atoms with Gasteiger partial charge in [-0.25, -0.2) is 4.39 Å². The molecule has 2 rings (SSSR count). The molecule has 1 aromatic heterocycles. The van der Waals surface area contributed by atoms with E-state index in [2.05, 4.69) is 31.1 Å². The first-order chi connectivity index (χ1) is 9.59. The Kier molecular flexibility index (Phi) is 5.14. The summed E-state index contributed by atoms with van der Waals surface area (Å²) >= 11 is 0. The highest BCUT2D eigenvalue weighted by Crippen LogP contribution is 2.51. The SMILES string of the molecule is CCNC(c1ccncc1F)C1(CC(C)C)CCCC1. The third-order valence-electron chi connectivity index (χ3n) is 4.55. The Bertz CT molecular complexity index is 425. The lowest BCUT2D eigenvalue weighted by molar-refractivity contribution is 0.154. The molecule has 0 saturated heterocycles. The van der Waals surface area contributed by atoms with Crippen LogP contribution in [0.2, 0.25) is 0 Å². The molecule has 0 spiro atoms. The summed E-state index contributed by atoms with van der Waals surface area (Å²) < 4.78 is 14.2. The summed E-state index contributed by atoms with van der Waals surface area (Å²) in [6.07, 6.45) is 9.14. The van der Waals surface area contributed by atoms with Gasteiger partial charge in [0.1, 0.15) is 5.82 Å². The number of nitrogens with one attached hydrogen (secondary N) is 1. The van der Waals surface area contributed by atoms with Gasteiger partial charge < -0.3 is 5.32 Å². The summed E-state index contributed by atoms with van der Waals surface area (Å²) in [7, 11) is 0. The van der Waals surface area contributed by atoms with Crippen LogP contribution >= 0.6 is 0 Å². The molecule has 0 amide bonds. The van der Waals surface area contributed by atoms with Gasteiger partial charge in [-0.15, -0.1) is 0 Å². The van der Waals surface area contributed by atoms with E-state index in [1.807, 2.05) is 6.07 Å². The summed E-state index contributed by atoms with van der Waals surface area (Å²) in [5, 5.41) is 3.56. The highest BCUT2D eigenvalue weighted by molar-refractivity contribution is 5.21. The lowest BCUT2D eigenvalue weighted by Crippen LogP contribution is -2.38. The number of pyridine rings is 1. The second-order valence-corrected chi connectivity index (χ2v) is 6.56. The third kappa shape index (κ3) is 3.20. The van der Waals surface area contributed by atoms with E-state index in [1.54, 1.807) is 6.20 Å². The van der Waals surface area contributed by atoms with Crippen molar-refractivity contribution in [3.63, 3.8) is 0 Å². The first kappa shape index (κ1) is 15.4. The Morgan fingerprint density at radius 3 is 2.60 bits per heavy atom. The Morgan fingerprint density at radius 1 is 1.35 bits per heavy atom. The fourth-order valence-corrected chi connectivity index (χ4v) is 3.98. The molecule has 0 radical (unpaired) electrons. The Balaban J connectivity index is 2.37. The Hall–Kier alpha value is -0.960. The second kappa shape index (κ2) is 6.66. The van der Waals surface area contributed by atoms with Crippen LogP contribution in [0.1, 0.15) is 64.5 Å². The summed E-state index contributed by atoms with van der Waals surface area (Å²) in [6.45, 7) is 7.51. The molecule has 0 aliphatic heterocycles. The molecular formula is C17H27FN2. The van der Waals surface area contributed by atoms with Gasteiger partial charge in [0, 0.05) is 17.8 Å². The van der Waals surface area contributed by atoms with Crippen LogP contribution in [-0.4, -0.2) is 11.5 Å². The molecule has 3 heteroatoms. The molecule has 0 bridgehead atoms. The molecule has 1 unspecified atom stereocenters. The average Bonchev–Trinajstić information content (AvgIpc) is 2.85. The van der Waals surface area contributed by atoms with Crippen molar-refractivity contribution in [2.75, 3.05) is 6.54 Å². The minimum Gasteiger partial charge on any atom is -0.310 e. The first-order valence-corrected chi connectivity index (χ1v) is 7.92. The van der Waals surface area contributed by atoms with E-state index in [9.17, 15) is 4.39 Å². The predicted octanol–water partition coefficient (Wildman–Crippen LogP) is 4.48. The van der Waals surface area contributed by atoms with Gasteiger partial charge >= 0.3 is 0 Å². The molecular weight excluding hydrogens is 251 g/mol. The number of rotatable bonds is 6. The maximum Gasteiger partial charge on any atom is 0.146 e. The molecule has 20 heavy (non-hydrogen) atoms. The summed E-state index contributed by atoms with van der Waals surface area (Å²) in [4.78, 5) is 3.89. The van der Waals surface area contributed by atoms with E-state index in [-0.39, 0.29) is 17.3 Å². The van der Waals surface area contributed by atoms with Gasteiger partial charge in [-0.3, -0.25) is 4.98 Å². The smallest absolute Gasteiger partial charge is 0.146 e. The van der Waals surface area contributed by atoms with E-state index < -0.39 is 0 Å². The monoisotopic (exact) mass is 278 g/mol. The fourth-order valence-electron chi connectivity index (χ4n) is 3.98. The lowest BCUT2D eigenvalue weighted by atomic mass is 9.70. The molecule has 1 fully saturated rings. The van der Waals surface area contributed by atoms with E-state index in [1.165, 1.54) is 31.9 Å². The zero-order valence-corrected chi connectivity index (χ0v) is 13.0. The summed E-state index contributed by atoms with van der Waals surface area (Å²) in [5.41, 5.74) is 0.997. The van der Waals surface area contributed by atoms with Crippen molar-refractivity contribution < 1.29 is 4.39 Å². The molecule has 1 aliphatic carbocycles. The van der Waals surface area contributed by atoms with Crippen LogP contribution in [0.4, 0.5) is 4.39 Å². The van der Waals surface area contributed by atoms with E-state index in [4.69, 9.17) is 0 Å². The number of hydrogen-bond donors (Lipinski definition) is 1. The van der Waals surface area contributed by atoms with Crippen LogP contribution in [0, 0.1) is 17.2 Å². The van der Waals surface area contributed by atoms with Gasteiger partial charge in [-0.05, 0) is 43.2 Å². The highest BCUT2D eigenvalue weighted by Gasteiger charge is 2.42. The summed E-state index contributed by atoms with van der Waals surface area (Å²) in [6, 6.07) is 1.96. The molecule has 1 aliphatic rings. The molecule has 1 atom stereocenters. The molecule has 1 aromatic rings. The van der Waals surface area contributed by atoms with E-state index >= 15 is 0 Å². The molecule has 2 nitrogen and oxygen atoms in total. The third-order valence-corrected chi connectivity index (χ3v) is 4.55. The molecule has 1 N–H and O–H groups in total. The van der Waals surface area contributed by atoms with Gasteiger partial charge in [-0.1, -0.05) is 33.6 Å². The standard InChI is InChI=1S/C17H27FN2/c1-4-20-16(14-7-10-19-12-15(14)18)17(11-13(2)3)8-5-6-9-17/h7,10,12-13,16,20H,4-6,8-9,11H2,1-3H3. The average molecular weight is 278 g/mol. The van der Waals surface area contributed by atoms with Crippen molar-refractivity contribution >= 4 is 0 Å². The maximum absolute atomic E-state index is 14.2. The van der Waals surface area contributed by atoms with Crippen LogP contribution in [-0.2, 0) is 0 Å².